The summed E-state index contributed by atoms with van der Waals surface area (Å²) >= 11 is 5.82. The van der Waals surface area contributed by atoms with E-state index in [-0.39, 0.29) is 17.5 Å². The molecule has 0 fully saturated rings. The summed E-state index contributed by atoms with van der Waals surface area (Å²) < 4.78 is 32.1. The minimum atomic E-state index is -1.03. The third-order valence-corrected chi connectivity index (χ3v) is 3.07. The summed E-state index contributed by atoms with van der Waals surface area (Å²) in [5.74, 6) is -1.51. The summed E-state index contributed by atoms with van der Waals surface area (Å²) in [7, 11) is 0. The fraction of sp³-hybridized carbons (Fsp3) is 0.267. The molecule has 0 aliphatic carbocycles. The van der Waals surface area contributed by atoms with Gasteiger partial charge >= 0.3 is 0 Å². The van der Waals surface area contributed by atoms with Crippen LogP contribution in [-0.2, 0) is 5.88 Å². The van der Waals surface area contributed by atoms with E-state index < -0.39 is 11.6 Å². The maximum atomic E-state index is 13.6. The number of hydrogen-bond donors (Lipinski definition) is 0. The Morgan fingerprint density at radius 1 is 1.25 bits per heavy atom. The highest BCUT2D eigenvalue weighted by atomic mass is 35.5. The van der Waals surface area contributed by atoms with Crippen molar-refractivity contribution in [1.82, 2.24) is 4.98 Å². The van der Waals surface area contributed by atoms with Crippen LogP contribution in [0, 0.1) is 11.6 Å². The van der Waals surface area contributed by atoms with E-state index in [0.29, 0.717) is 5.88 Å². The van der Waals surface area contributed by atoms with Gasteiger partial charge in [-0.3, -0.25) is 0 Å². The molecule has 20 heavy (non-hydrogen) atoms. The Hall–Kier alpha value is -1.68. The highest BCUT2D eigenvalue weighted by molar-refractivity contribution is 6.17. The molecule has 0 saturated carbocycles. The quantitative estimate of drug-likeness (QED) is 0.740. The molecular formula is C15H14ClF2NO. The van der Waals surface area contributed by atoms with Crippen LogP contribution < -0.4 is 4.74 Å². The van der Waals surface area contributed by atoms with E-state index in [1.165, 1.54) is 12.1 Å². The van der Waals surface area contributed by atoms with Crippen LogP contribution in [0.15, 0.2) is 30.3 Å². The summed E-state index contributed by atoms with van der Waals surface area (Å²) in [6.45, 7) is 3.96. The van der Waals surface area contributed by atoms with E-state index in [1.54, 1.807) is 6.07 Å². The van der Waals surface area contributed by atoms with Gasteiger partial charge in [0, 0.05) is 17.6 Å². The summed E-state index contributed by atoms with van der Waals surface area (Å²) in [5, 5.41) is 0. The Bertz CT molecular complexity index is 617. The lowest BCUT2D eigenvalue weighted by Crippen LogP contribution is -1.99. The number of pyridine rings is 1. The summed E-state index contributed by atoms with van der Waals surface area (Å²) in [4.78, 5) is 4.28. The second-order valence-electron chi connectivity index (χ2n) is 4.68. The first-order valence-electron chi connectivity index (χ1n) is 6.20. The molecule has 0 amide bonds. The van der Waals surface area contributed by atoms with Crippen LogP contribution in [0.25, 0.3) is 0 Å². The summed E-state index contributed by atoms with van der Waals surface area (Å²) in [5.41, 5.74) is 1.60. The Morgan fingerprint density at radius 3 is 2.65 bits per heavy atom. The van der Waals surface area contributed by atoms with E-state index in [4.69, 9.17) is 16.3 Å². The Balaban J connectivity index is 2.37. The van der Waals surface area contributed by atoms with Gasteiger partial charge in [0.15, 0.2) is 11.6 Å². The van der Waals surface area contributed by atoms with Crippen molar-refractivity contribution < 1.29 is 13.5 Å². The highest BCUT2D eigenvalue weighted by Crippen LogP contribution is 2.27. The van der Waals surface area contributed by atoms with Gasteiger partial charge in [0.2, 0.25) is 11.7 Å². The Labute approximate surface area is 121 Å². The molecule has 0 radical (unpaired) electrons. The van der Waals surface area contributed by atoms with Crippen molar-refractivity contribution in [2.24, 2.45) is 0 Å². The average molecular weight is 298 g/mol. The number of ether oxygens (including phenoxy) is 1. The molecule has 0 aliphatic heterocycles. The molecule has 106 valence electrons. The summed E-state index contributed by atoms with van der Waals surface area (Å²) in [6.07, 6.45) is 0. The van der Waals surface area contributed by atoms with Crippen molar-refractivity contribution >= 4 is 11.6 Å². The standard InChI is InChI=1S/C15H14ClF2NO/c1-9(2)12-6-10(8-16)7-14(19-12)20-13-5-3-4-11(17)15(13)18/h3-7,9H,8H2,1-2H3. The van der Waals surface area contributed by atoms with Crippen molar-refractivity contribution in [1.29, 1.82) is 0 Å². The molecule has 2 aromatic rings. The van der Waals surface area contributed by atoms with Gasteiger partial charge in [0.25, 0.3) is 0 Å². The number of halogens is 3. The number of rotatable bonds is 4. The third kappa shape index (κ3) is 3.25. The van der Waals surface area contributed by atoms with Gasteiger partial charge in [0.05, 0.1) is 0 Å². The predicted octanol–water partition coefficient (Wildman–Crippen LogP) is 5.01. The average Bonchev–Trinajstić information content (AvgIpc) is 2.43. The van der Waals surface area contributed by atoms with Crippen molar-refractivity contribution in [2.75, 3.05) is 0 Å². The molecule has 5 heteroatoms. The van der Waals surface area contributed by atoms with Crippen LogP contribution in [0.2, 0.25) is 0 Å². The maximum absolute atomic E-state index is 13.6. The summed E-state index contributed by atoms with van der Waals surface area (Å²) in [6, 6.07) is 7.24. The first-order chi connectivity index (χ1) is 9.51. The van der Waals surface area contributed by atoms with Crippen LogP contribution >= 0.6 is 11.6 Å². The molecule has 2 nitrogen and oxygen atoms in total. The lowest BCUT2D eigenvalue weighted by molar-refractivity contribution is 0.403. The van der Waals surface area contributed by atoms with Gasteiger partial charge < -0.3 is 4.74 Å². The van der Waals surface area contributed by atoms with Crippen LogP contribution in [0.1, 0.15) is 31.0 Å². The number of alkyl halides is 1. The molecule has 0 aliphatic rings. The molecule has 1 aromatic heterocycles. The number of aromatic nitrogens is 1. The van der Waals surface area contributed by atoms with Gasteiger partial charge in [-0.2, -0.15) is 4.39 Å². The van der Waals surface area contributed by atoms with Gasteiger partial charge in [0.1, 0.15) is 0 Å². The lowest BCUT2D eigenvalue weighted by Gasteiger charge is -2.11. The van der Waals surface area contributed by atoms with Gasteiger partial charge in [-0.05, 0) is 29.7 Å². The minimum absolute atomic E-state index is 0.179. The first-order valence-corrected chi connectivity index (χ1v) is 6.73. The van der Waals surface area contributed by atoms with E-state index in [9.17, 15) is 8.78 Å². The van der Waals surface area contributed by atoms with Crippen molar-refractivity contribution in [3.05, 3.63) is 53.2 Å². The van der Waals surface area contributed by atoms with E-state index in [2.05, 4.69) is 4.98 Å². The smallest absolute Gasteiger partial charge is 0.219 e. The number of benzene rings is 1. The third-order valence-electron chi connectivity index (χ3n) is 2.76. The zero-order valence-corrected chi connectivity index (χ0v) is 11.9. The topological polar surface area (TPSA) is 22.1 Å². The molecule has 1 aromatic carbocycles. The van der Waals surface area contributed by atoms with Crippen molar-refractivity contribution in [3.63, 3.8) is 0 Å². The van der Waals surface area contributed by atoms with E-state index in [0.717, 1.165) is 17.3 Å². The fourth-order valence-electron chi connectivity index (χ4n) is 1.68. The zero-order valence-electron chi connectivity index (χ0n) is 11.2. The van der Waals surface area contributed by atoms with Gasteiger partial charge in [-0.25, -0.2) is 9.37 Å². The highest BCUT2D eigenvalue weighted by Gasteiger charge is 2.12. The molecule has 0 atom stereocenters. The molecule has 0 spiro atoms. The number of nitrogens with zero attached hydrogens (tertiary/aromatic N) is 1. The minimum Gasteiger partial charge on any atom is -0.436 e. The molecule has 1 heterocycles. The van der Waals surface area contributed by atoms with Crippen molar-refractivity contribution in [3.8, 4) is 11.6 Å². The SMILES string of the molecule is CC(C)c1cc(CCl)cc(Oc2cccc(F)c2F)n1. The second kappa shape index (κ2) is 6.18. The molecule has 2 rings (SSSR count). The Morgan fingerprint density at radius 2 is 2.00 bits per heavy atom. The van der Waals surface area contributed by atoms with Crippen molar-refractivity contribution in [2.45, 2.75) is 25.6 Å². The number of hydrogen-bond acceptors (Lipinski definition) is 2. The van der Waals surface area contributed by atoms with Crippen LogP contribution in [0.3, 0.4) is 0 Å². The zero-order chi connectivity index (χ0) is 14.7. The first kappa shape index (κ1) is 14.7. The molecule has 0 N–H and O–H groups in total. The van der Waals surface area contributed by atoms with Gasteiger partial charge in [-0.1, -0.05) is 19.9 Å². The van der Waals surface area contributed by atoms with Crippen LogP contribution in [0.4, 0.5) is 8.78 Å². The van der Waals surface area contributed by atoms with Crippen LogP contribution in [0.5, 0.6) is 11.6 Å². The second-order valence-corrected chi connectivity index (χ2v) is 4.95. The largest absolute Gasteiger partial charge is 0.436 e. The molecular weight excluding hydrogens is 284 g/mol. The Kier molecular flexibility index (Phi) is 4.55. The normalized spacial score (nSPS) is 10.9. The predicted molar refractivity (Wildman–Crippen MR) is 74.3 cm³/mol. The van der Waals surface area contributed by atoms with Gasteiger partial charge in [-0.15, -0.1) is 11.6 Å². The van der Waals surface area contributed by atoms with Crippen LogP contribution in [-0.4, -0.2) is 4.98 Å². The maximum Gasteiger partial charge on any atom is 0.219 e. The monoisotopic (exact) mass is 297 g/mol. The molecule has 0 saturated heterocycles. The van der Waals surface area contributed by atoms with E-state index >= 15 is 0 Å². The molecule has 0 unspecified atom stereocenters. The van der Waals surface area contributed by atoms with E-state index in [1.807, 2.05) is 19.9 Å². The lowest BCUT2D eigenvalue weighted by atomic mass is 10.1. The fourth-order valence-corrected chi connectivity index (χ4v) is 1.84. The molecule has 0 bridgehead atoms.